The van der Waals surface area contributed by atoms with Crippen molar-refractivity contribution in [3.63, 3.8) is 0 Å². The molecule has 1 unspecified atom stereocenters. The zero-order valence-corrected chi connectivity index (χ0v) is 12.6. The van der Waals surface area contributed by atoms with Crippen LogP contribution in [0.1, 0.15) is 18.4 Å². The van der Waals surface area contributed by atoms with Crippen LogP contribution in [0.15, 0.2) is 29.2 Å². The van der Waals surface area contributed by atoms with E-state index in [-0.39, 0.29) is 30.9 Å². The first kappa shape index (κ1) is 18.2. The normalized spacial score (nSPS) is 17.1. The Morgan fingerprint density at radius 1 is 1.29 bits per heavy atom. The maximum Gasteiger partial charge on any atom is 0.417 e. The van der Waals surface area contributed by atoms with Gasteiger partial charge in [-0.2, -0.15) is 13.2 Å². The van der Waals surface area contributed by atoms with Crippen molar-refractivity contribution in [2.75, 3.05) is 6.54 Å². The molecule has 3 N–H and O–H groups in total. The van der Waals surface area contributed by atoms with Gasteiger partial charge in [0.2, 0.25) is 10.0 Å². The summed E-state index contributed by atoms with van der Waals surface area (Å²) in [5.74, 6) is 0.260. The highest BCUT2D eigenvalue weighted by Crippen LogP contribution is 2.34. The summed E-state index contributed by atoms with van der Waals surface area (Å²) in [6.45, 7) is -0.0564. The molecule has 0 amide bonds. The SMILES string of the molecule is Cl.NC(CNS(=O)(=O)c1ccccc1C(F)(F)F)C1CC1. The van der Waals surface area contributed by atoms with Gasteiger partial charge in [-0.3, -0.25) is 0 Å². The van der Waals surface area contributed by atoms with Crippen LogP contribution in [0.5, 0.6) is 0 Å². The minimum Gasteiger partial charge on any atom is -0.326 e. The molecule has 2 rings (SSSR count). The highest BCUT2D eigenvalue weighted by Gasteiger charge is 2.37. The summed E-state index contributed by atoms with van der Waals surface area (Å²) in [7, 11) is -4.22. The molecule has 0 saturated heterocycles. The van der Waals surface area contributed by atoms with Crippen molar-refractivity contribution in [3.05, 3.63) is 29.8 Å². The predicted octanol–water partition coefficient (Wildman–Crippen LogP) is 2.14. The molecular weight excluding hydrogens is 329 g/mol. The highest BCUT2D eigenvalue weighted by atomic mass is 35.5. The van der Waals surface area contributed by atoms with E-state index in [1.54, 1.807) is 0 Å². The standard InChI is InChI=1S/C12H15F3N2O2S.ClH/c13-12(14,15)9-3-1-2-4-11(9)20(18,19)17-7-10(16)8-5-6-8;/h1-4,8,10,17H,5-7,16H2;1H. The fraction of sp³-hybridized carbons (Fsp3) is 0.500. The predicted molar refractivity (Wildman–Crippen MR) is 74.6 cm³/mol. The van der Waals surface area contributed by atoms with E-state index in [4.69, 9.17) is 5.73 Å². The summed E-state index contributed by atoms with van der Waals surface area (Å²) < 4.78 is 64.5. The lowest BCUT2D eigenvalue weighted by molar-refractivity contribution is -0.139. The van der Waals surface area contributed by atoms with E-state index in [1.807, 2.05) is 0 Å². The number of sulfonamides is 1. The Morgan fingerprint density at radius 2 is 1.86 bits per heavy atom. The molecule has 1 aromatic carbocycles. The van der Waals surface area contributed by atoms with Crippen LogP contribution in [0.4, 0.5) is 13.2 Å². The van der Waals surface area contributed by atoms with E-state index in [1.165, 1.54) is 6.07 Å². The Bertz CT molecular complexity index is 588. The minimum atomic E-state index is -4.72. The third-order valence-corrected chi connectivity index (χ3v) is 4.70. The molecule has 1 aliphatic carbocycles. The Hall–Kier alpha value is -0.830. The van der Waals surface area contributed by atoms with Gasteiger partial charge < -0.3 is 5.73 Å². The maximum absolute atomic E-state index is 12.8. The Morgan fingerprint density at radius 3 is 2.38 bits per heavy atom. The van der Waals surface area contributed by atoms with Crippen molar-refractivity contribution in [1.29, 1.82) is 0 Å². The molecule has 4 nitrogen and oxygen atoms in total. The topological polar surface area (TPSA) is 72.2 Å². The van der Waals surface area contributed by atoms with Crippen molar-refractivity contribution < 1.29 is 21.6 Å². The molecule has 1 aromatic rings. The summed E-state index contributed by atoms with van der Waals surface area (Å²) in [5.41, 5.74) is 4.57. The lowest BCUT2D eigenvalue weighted by Gasteiger charge is -2.15. The van der Waals surface area contributed by atoms with Crippen LogP contribution in [0.3, 0.4) is 0 Å². The number of halogens is 4. The molecule has 0 radical (unpaired) electrons. The maximum atomic E-state index is 12.8. The van der Waals surface area contributed by atoms with Gasteiger partial charge >= 0.3 is 6.18 Å². The summed E-state index contributed by atoms with van der Waals surface area (Å²) in [6.07, 6.45) is -2.85. The zero-order chi connectivity index (χ0) is 15.0. The van der Waals surface area contributed by atoms with Gasteiger partial charge in [0, 0.05) is 12.6 Å². The smallest absolute Gasteiger partial charge is 0.326 e. The van der Waals surface area contributed by atoms with Crippen LogP contribution in [-0.2, 0) is 16.2 Å². The van der Waals surface area contributed by atoms with Gasteiger partial charge in [-0.1, -0.05) is 12.1 Å². The number of hydrogen-bond donors (Lipinski definition) is 2. The lowest BCUT2D eigenvalue weighted by atomic mass is 10.2. The van der Waals surface area contributed by atoms with Crippen LogP contribution in [-0.4, -0.2) is 21.0 Å². The van der Waals surface area contributed by atoms with E-state index in [0.29, 0.717) is 0 Å². The number of nitrogens with one attached hydrogen (secondary N) is 1. The average molecular weight is 345 g/mol. The van der Waals surface area contributed by atoms with E-state index in [2.05, 4.69) is 4.72 Å². The van der Waals surface area contributed by atoms with Crippen LogP contribution in [0.2, 0.25) is 0 Å². The van der Waals surface area contributed by atoms with Gasteiger partial charge in [-0.15, -0.1) is 12.4 Å². The first-order valence-corrected chi connectivity index (χ1v) is 7.61. The fourth-order valence-electron chi connectivity index (χ4n) is 1.91. The lowest BCUT2D eigenvalue weighted by Crippen LogP contribution is -2.39. The summed E-state index contributed by atoms with van der Waals surface area (Å²) in [4.78, 5) is -0.768. The molecule has 120 valence electrons. The molecule has 1 atom stereocenters. The average Bonchev–Trinajstić information content (AvgIpc) is 3.19. The summed E-state index contributed by atoms with van der Waals surface area (Å²) in [6, 6.07) is 3.73. The molecule has 0 spiro atoms. The largest absolute Gasteiger partial charge is 0.417 e. The molecule has 0 aliphatic heterocycles. The number of rotatable bonds is 5. The molecule has 21 heavy (non-hydrogen) atoms. The number of benzene rings is 1. The van der Waals surface area contributed by atoms with E-state index < -0.39 is 26.7 Å². The van der Waals surface area contributed by atoms with Crippen molar-refractivity contribution in [2.24, 2.45) is 11.7 Å². The first-order valence-electron chi connectivity index (χ1n) is 6.13. The highest BCUT2D eigenvalue weighted by molar-refractivity contribution is 7.89. The molecule has 0 bridgehead atoms. The quantitative estimate of drug-likeness (QED) is 0.859. The Kier molecular flexibility index (Phi) is 5.65. The molecule has 1 saturated carbocycles. The Labute approximate surface area is 127 Å². The van der Waals surface area contributed by atoms with Crippen LogP contribution >= 0.6 is 12.4 Å². The van der Waals surface area contributed by atoms with Crippen LogP contribution in [0.25, 0.3) is 0 Å². The minimum absolute atomic E-state index is 0. The molecular formula is C12H16ClF3N2O2S. The second kappa shape index (κ2) is 6.51. The number of alkyl halides is 3. The van der Waals surface area contributed by atoms with E-state index in [0.717, 1.165) is 31.0 Å². The Balaban J connectivity index is 0.00000220. The van der Waals surface area contributed by atoms with E-state index >= 15 is 0 Å². The van der Waals surface area contributed by atoms with Gasteiger partial charge in [0.05, 0.1) is 10.5 Å². The molecule has 1 aliphatic rings. The van der Waals surface area contributed by atoms with Gasteiger partial charge in [-0.05, 0) is 30.9 Å². The van der Waals surface area contributed by atoms with Crippen LogP contribution in [0, 0.1) is 5.92 Å². The third kappa shape index (κ3) is 4.57. The monoisotopic (exact) mass is 344 g/mol. The summed E-state index contributed by atoms with van der Waals surface area (Å²) in [5, 5.41) is 0. The summed E-state index contributed by atoms with van der Waals surface area (Å²) >= 11 is 0. The van der Waals surface area contributed by atoms with E-state index in [9.17, 15) is 21.6 Å². The van der Waals surface area contributed by atoms with Gasteiger partial charge in [0.1, 0.15) is 0 Å². The molecule has 9 heteroatoms. The fourth-order valence-corrected chi connectivity index (χ4v) is 3.21. The van der Waals surface area contributed by atoms with Crippen molar-refractivity contribution in [1.82, 2.24) is 4.72 Å². The third-order valence-electron chi connectivity index (χ3n) is 3.22. The van der Waals surface area contributed by atoms with Crippen molar-refractivity contribution in [2.45, 2.75) is 30.0 Å². The first-order chi connectivity index (χ1) is 9.22. The van der Waals surface area contributed by atoms with Gasteiger partial charge in [0.25, 0.3) is 0 Å². The van der Waals surface area contributed by atoms with Crippen molar-refractivity contribution in [3.8, 4) is 0 Å². The molecule has 0 aromatic heterocycles. The second-order valence-corrected chi connectivity index (χ2v) is 6.58. The molecule has 1 fully saturated rings. The van der Waals surface area contributed by atoms with Gasteiger partial charge in [-0.25, -0.2) is 13.1 Å². The molecule has 0 heterocycles. The number of nitrogens with two attached hydrogens (primary N) is 1. The van der Waals surface area contributed by atoms with Crippen LogP contribution < -0.4 is 10.5 Å². The second-order valence-electron chi connectivity index (χ2n) is 4.85. The van der Waals surface area contributed by atoms with Gasteiger partial charge in [0.15, 0.2) is 0 Å². The van der Waals surface area contributed by atoms with Crippen molar-refractivity contribution >= 4 is 22.4 Å². The number of hydrogen-bond acceptors (Lipinski definition) is 3. The zero-order valence-electron chi connectivity index (χ0n) is 10.9.